The largest absolute Gasteiger partial charge is 0.359 e. The molecule has 0 aliphatic carbocycles. The first-order valence-corrected chi connectivity index (χ1v) is 8.77. The van der Waals surface area contributed by atoms with E-state index in [0.29, 0.717) is 6.04 Å². The number of hydrogen-bond donors (Lipinski definition) is 0. The van der Waals surface area contributed by atoms with E-state index in [0.717, 1.165) is 48.5 Å². The van der Waals surface area contributed by atoms with Gasteiger partial charge < -0.3 is 4.52 Å². The molecule has 1 saturated heterocycles. The lowest BCUT2D eigenvalue weighted by atomic mass is 10.0. The maximum atomic E-state index is 13.4. The van der Waals surface area contributed by atoms with Gasteiger partial charge in [0.15, 0.2) is 5.76 Å². The van der Waals surface area contributed by atoms with Gasteiger partial charge in [-0.1, -0.05) is 47.6 Å². The Bertz CT molecular complexity index is 831. The van der Waals surface area contributed by atoms with Crippen LogP contribution in [0.3, 0.4) is 0 Å². The summed E-state index contributed by atoms with van der Waals surface area (Å²) in [7, 11) is 0. The molecule has 1 aromatic heterocycles. The van der Waals surface area contributed by atoms with Crippen LogP contribution < -0.4 is 0 Å². The van der Waals surface area contributed by atoms with Gasteiger partial charge >= 0.3 is 0 Å². The summed E-state index contributed by atoms with van der Waals surface area (Å²) in [5.41, 5.74) is 2.99. The standard InChI is InChI=1S/C21H21FN2O/c22-18-9-4-6-16(12-18)13-19-10-5-11-24(19)15-20-14-21(23-25-20)17-7-2-1-3-8-17/h1-4,6-9,12,14,19H,5,10-11,13,15H2/t19-/m1/s1. The third-order valence-corrected chi connectivity index (χ3v) is 4.85. The quantitative estimate of drug-likeness (QED) is 0.677. The number of hydrogen-bond acceptors (Lipinski definition) is 3. The van der Waals surface area contributed by atoms with E-state index >= 15 is 0 Å². The van der Waals surface area contributed by atoms with Gasteiger partial charge in [0.25, 0.3) is 0 Å². The molecule has 2 heterocycles. The van der Waals surface area contributed by atoms with Crippen LogP contribution in [0.1, 0.15) is 24.2 Å². The number of rotatable bonds is 5. The summed E-state index contributed by atoms with van der Waals surface area (Å²) in [6, 6.07) is 19.4. The molecule has 4 rings (SSSR count). The topological polar surface area (TPSA) is 29.3 Å². The molecule has 1 aliphatic rings. The normalized spacial score (nSPS) is 17.9. The van der Waals surface area contributed by atoms with Crippen molar-refractivity contribution >= 4 is 0 Å². The van der Waals surface area contributed by atoms with Crippen molar-refractivity contribution in [3.63, 3.8) is 0 Å². The van der Waals surface area contributed by atoms with Gasteiger partial charge in [0, 0.05) is 17.7 Å². The summed E-state index contributed by atoms with van der Waals surface area (Å²) >= 11 is 0. The molecule has 0 radical (unpaired) electrons. The van der Waals surface area contributed by atoms with Gasteiger partial charge in [-0.15, -0.1) is 0 Å². The van der Waals surface area contributed by atoms with Crippen LogP contribution in [0.2, 0.25) is 0 Å². The van der Waals surface area contributed by atoms with Crippen LogP contribution >= 0.6 is 0 Å². The zero-order chi connectivity index (χ0) is 17.1. The molecule has 1 atom stereocenters. The van der Waals surface area contributed by atoms with Crippen molar-refractivity contribution in [2.24, 2.45) is 0 Å². The Balaban J connectivity index is 1.44. The smallest absolute Gasteiger partial charge is 0.151 e. The van der Waals surface area contributed by atoms with Crippen LogP contribution in [-0.4, -0.2) is 22.6 Å². The average Bonchev–Trinajstić information content (AvgIpc) is 3.26. The summed E-state index contributed by atoms with van der Waals surface area (Å²) in [6.07, 6.45) is 3.17. The number of halogens is 1. The molecule has 3 aromatic rings. The molecule has 0 amide bonds. The minimum absolute atomic E-state index is 0.162. The lowest BCUT2D eigenvalue weighted by Gasteiger charge is -2.23. The lowest BCUT2D eigenvalue weighted by Crippen LogP contribution is -2.30. The van der Waals surface area contributed by atoms with Crippen molar-refractivity contribution in [2.75, 3.05) is 6.54 Å². The number of benzene rings is 2. The molecular formula is C21H21FN2O. The fourth-order valence-corrected chi connectivity index (χ4v) is 3.60. The van der Waals surface area contributed by atoms with Gasteiger partial charge in [0.05, 0.1) is 6.54 Å². The molecule has 25 heavy (non-hydrogen) atoms. The van der Waals surface area contributed by atoms with Gasteiger partial charge in [-0.25, -0.2) is 4.39 Å². The number of likely N-dealkylation sites (tertiary alicyclic amines) is 1. The number of aromatic nitrogens is 1. The first kappa shape index (κ1) is 16.0. The van der Waals surface area contributed by atoms with Crippen molar-refractivity contribution in [3.8, 4) is 11.3 Å². The minimum Gasteiger partial charge on any atom is -0.359 e. The highest BCUT2D eigenvalue weighted by Gasteiger charge is 2.26. The van der Waals surface area contributed by atoms with E-state index in [1.165, 1.54) is 12.5 Å². The van der Waals surface area contributed by atoms with E-state index in [1.54, 1.807) is 12.1 Å². The molecule has 1 aliphatic heterocycles. The van der Waals surface area contributed by atoms with E-state index in [-0.39, 0.29) is 5.82 Å². The molecule has 0 spiro atoms. The molecule has 2 aromatic carbocycles. The SMILES string of the molecule is Fc1cccc(C[C@H]2CCCN2Cc2cc(-c3ccccc3)no2)c1. The molecule has 128 valence electrons. The van der Waals surface area contributed by atoms with Gasteiger partial charge in [-0.2, -0.15) is 0 Å². The van der Waals surface area contributed by atoms with Crippen LogP contribution in [0, 0.1) is 5.82 Å². The Morgan fingerprint density at radius 3 is 2.80 bits per heavy atom. The molecule has 3 nitrogen and oxygen atoms in total. The van der Waals surface area contributed by atoms with Crippen molar-refractivity contribution in [1.82, 2.24) is 10.1 Å². The third-order valence-electron chi connectivity index (χ3n) is 4.85. The molecule has 0 bridgehead atoms. The highest BCUT2D eigenvalue weighted by molar-refractivity contribution is 5.58. The Kier molecular flexibility index (Phi) is 4.61. The zero-order valence-corrected chi connectivity index (χ0v) is 14.1. The number of nitrogens with zero attached hydrogens (tertiary/aromatic N) is 2. The zero-order valence-electron chi connectivity index (χ0n) is 14.1. The van der Waals surface area contributed by atoms with Crippen molar-refractivity contribution < 1.29 is 8.91 Å². The van der Waals surface area contributed by atoms with E-state index in [1.807, 2.05) is 42.5 Å². The van der Waals surface area contributed by atoms with Crippen LogP contribution in [0.15, 0.2) is 65.2 Å². The lowest BCUT2D eigenvalue weighted by molar-refractivity contribution is 0.214. The first-order chi connectivity index (χ1) is 12.3. The van der Waals surface area contributed by atoms with Gasteiger partial charge in [-0.3, -0.25) is 4.90 Å². The summed E-state index contributed by atoms with van der Waals surface area (Å²) in [4.78, 5) is 2.42. The van der Waals surface area contributed by atoms with Crippen molar-refractivity contribution in [3.05, 3.63) is 77.8 Å². The van der Waals surface area contributed by atoms with Gasteiger partial charge in [-0.05, 0) is 43.5 Å². The summed E-state index contributed by atoms with van der Waals surface area (Å²) in [6.45, 7) is 1.79. The van der Waals surface area contributed by atoms with E-state index in [2.05, 4.69) is 10.1 Å². The molecule has 4 heteroatoms. The Morgan fingerprint density at radius 2 is 1.96 bits per heavy atom. The Hall–Kier alpha value is -2.46. The second kappa shape index (κ2) is 7.19. The second-order valence-corrected chi connectivity index (χ2v) is 6.65. The predicted molar refractivity (Wildman–Crippen MR) is 95.5 cm³/mol. The maximum Gasteiger partial charge on any atom is 0.151 e. The summed E-state index contributed by atoms with van der Waals surface area (Å²) in [5.74, 6) is 0.717. The highest BCUT2D eigenvalue weighted by Crippen LogP contribution is 2.25. The maximum absolute atomic E-state index is 13.4. The van der Waals surface area contributed by atoms with Crippen LogP contribution in [0.25, 0.3) is 11.3 Å². The minimum atomic E-state index is -0.162. The van der Waals surface area contributed by atoms with E-state index in [9.17, 15) is 4.39 Å². The third kappa shape index (κ3) is 3.80. The van der Waals surface area contributed by atoms with E-state index < -0.39 is 0 Å². The fourth-order valence-electron chi connectivity index (χ4n) is 3.60. The van der Waals surface area contributed by atoms with Crippen molar-refractivity contribution in [2.45, 2.75) is 31.8 Å². The van der Waals surface area contributed by atoms with Crippen LogP contribution in [-0.2, 0) is 13.0 Å². The van der Waals surface area contributed by atoms with Crippen molar-refractivity contribution in [1.29, 1.82) is 0 Å². The molecular weight excluding hydrogens is 315 g/mol. The Labute approximate surface area is 147 Å². The molecule has 0 N–H and O–H groups in total. The van der Waals surface area contributed by atoms with E-state index in [4.69, 9.17) is 4.52 Å². The average molecular weight is 336 g/mol. The molecule has 0 unspecified atom stereocenters. The predicted octanol–water partition coefficient (Wildman–Crippen LogP) is 4.69. The van der Waals surface area contributed by atoms with Gasteiger partial charge in [0.1, 0.15) is 11.5 Å². The van der Waals surface area contributed by atoms with Gasteiger partial charge in [0.2, 0.25) is 0 Å². The summed E-state index contributed by atoms with van der Waals surface area (Å²) in [5, 5.41) is 4.20. The highest BCUT2D eigenvalue weighted by atomic mass is 19.1. The summed E-state index contributed by atoms with van der Waals surface area (Å²) < 4.78 is 19.0. The second-order valence-electron chi connectivity index (χ2n) is 6.65. The van der Waals surface area contributed by atoms with Crippen LogP contribution in [0.4, 0.5) is 4.39 Å². The molecule has 0 saturated carbocycles. The van der Waals surface area contributed by atoms with Crippen LogP contribution in [0.5, 0.6) is 0 Å². The monoisotopic (exact) mass is 336 g/mol. The first-order valence-electron chi connectivity index (χ1n) is 8.77. The fraction of sp³-hybridized carbons (Fsp3) is 0.286. The Morgan fingerprint density at radius 1 is 1.08 bits per heavy atom. The molecule has 1 fully saturated rings.